The summed E-state index contributed by atoms with van der Waals surface area (Å²) in [6, 6.07) is 0. The minimum Gasteiger partial charge on any atom is -0.354 e. The molecular weight excluding hydrogens is 157 g/mol. The van der Waals surface area contributed by atoms with Gasteiger partial charge in [-0.3, -0.25) is 4.99 Å². The van der Waals surface area contributed by atoms with Crippen LogP contribution >= 0.6 is 0 Å². The van der Waals surface area contributed by atoms with Crippen molar-refractivity contribution in [2.24, 2.45) is 4.99 Å². The first kappa shape index (κ1) is 9.29. The average Bonchev–Trinajstić information content (AvgIpc) is 2.59. The second-order valence-corrected chi connectivity index (χ2v) is 2.86. The molecule has 0 bridgehead atoms. The average molecular weight is 173 g/mol. The largest absolute Gasteiger partial charge is 0.354 e. The molecule has 0 amide bonds. The van der Waals surface area contributed by atoms with E-state index in [4.69, 9.17) is 0 Å². The molecule has 1 aliphatic rings. The third kappa shape index (κ3) is 2.36. The second kappa shape index (κ2) is 4.95. The summed E-state index contributed by atoms with van der Waals surface area (Å²) in [5.41, 5.74) is 0. The normalized spacial score (nSPS) is 18.5. The van der Waals surface area contributed by atoms with Crippen molar-refractivity contribution in [3.05, 3.63) is 0 Å². The molecule has 1 saturated heterocycles. The van der Waals surface area contributed by atoms with E-state index in [2.05, 4.69) is 15.2 Å². The first-order valence-corrected chi connectivity index (χ1v) is 4.40. The van der Waals surface area contributed by atoms with Crippen molar-refractivity contribution in [1.82, 2.24) is 10.2 Å². The van der Waals surface area contributed by atoms with Crippen LogP contribution in [0.2, 0.25) is 0 Å². The summed E-state index contributed by atoms with van der Waals surface area (Å²) in [7, 11) is 1.74. The summed E-state index contributed by atoms with van der Waals surface area (Å²) >= 11 is 0. The highest BCUT2D eigenvalue weighted by Gasteiger charge is 2.14. The molecule has 1 fully saturated rings. The smallest absolute Gasteiger partial charge is 0.193 e. The van der Waals surface area contributed by atoms with Gasteiger partial charge in [0.05, 0.1) is 0 Å². The number of alkyl halides is 1. The maximum atomic E-state index is 11.8. The molecule has 0 atom stereocenters. The Labute approximate surface area is 72.7 Å². The minimum absolute atomic E-state index is 0.340. The molecule has 0 spiro atoms. The number of hydrogen-bond acceptors (Lipinski definition) is 1. The van der Waals surface area contributed by atoms with Gasteiger partial charge in [-0.25, -0.2) is 4.39 Å². The Morgan fingerprint density at radius 3 is 2.67 bits per heavy atom. The maximum absolute atomic E-state index is 11.8. The van der Waals surface area contributed by atoms with Crippen LogP contribution in [0.15, 0.2) is 4.99 Å². The van der Waals surface area contributed by atoms with Gasteiger partial charge in [0.25, 0.3) is 0 Å². The van der Waals surface area contributed by atoms with E-state index in [1.807, 2.05) is 0 Å². The summed E-state index contributed by atoms with van der Waals surface area (Å²) in [4.78, 5) is 6.23. The SMILES string of the molecule is CN=C(NCCF)N1CCCC1. The Bertz CT molecular complexity index is 152. The number of hydrogen-bond donors (Lipinski definition) is 1. The van der Waals surface area contributed by atoms with Crippen LogP contribution in [-0.4, -0.2) is 44.2 Å². The summed E-state index contributed by atoms with van der Waals surface area (Å²) in [5, 5.41) is 2.96. The highest BCUT2D eigenvalue weighted by Crippen LogP contribution is 2.06. The highest BCUT2D eigenvalue weighted by molar-refractivity contribution is 5.80. The van der Waals surface area contributed by atoms with Crippen LogP contribution in [0.25, 0.3) is 0 Å². The molecule has 4 heteroatoms. The molecule has 1 heterocycles. The Morgan fingerprint density at radius 1 is 1.50 bits per heavy atom. The van der Waals surface area contributed by atoms with Gasteiger partial charge in [0.1, 0.15) is 6.67 Å². The van der Waals surface area contributed by atoms with Crippen LogP contribution in [0.3, 0.4) is 0 Å². The van der Waals surface area contributed by atoms with Gasteiger partial charge in [-0.05, 0) is 12.8 Å². The Kier molecular flexibility index (Phi) is 3.84. The minimum atomic E-state index is -0.340. The van der Waals surface area contributed by atoms with E-state index in [0.29, 0.717) is 6.54 Å². The molecular formula is C8H16FN3. The fourth-order valence-electron chi connectivity index (χ4n) is 1.42. The van der Waals surface area contributed by atoms with Gasteiger partial charge in [0, 0.05) is 26.7 Å². The van der Waals surface area contributed by atoms with Crippen molar-refractivity contribution in [2.75, 3.05) is 33.4 Å². The number of halogens is 1. The van der Waals surface area contributed by atoms with Crippen molar-refractivity contribution in [2.45, 2.75) is 12.8 Å². The number of nitrogens with zero attached hydrogens (tertiary/aromatic N) is 2. The molecule has 0 aromatic rings. The molecule has 0 aromatic heterocycles. The van der Waals surface area contributed by atoms with E-state index in [-0.39, 0.29) is 6.67 Å². The molecule has 12 heavy (non-hydrogen) atoms. The van der Waals surface area contributed by atoms with Crippen LogP contribution in [-0.2, 0) is 0 Å². The van der Waals surface area contributed by atoms with Gasteiger partial charge in [0.15, 0.2) is 5.96 Å². The lowest BCUT2D eigenvalue weighted by Gasteiger charge is -2.19. The zero-order chi connectivity index (χ0) is 8.81. The molecule has 1 aliphatic heterocycles. The summed E-state index contributed by atoms with van der Waals surface area (Å²) in [6.45, 7) is 2.12. The Morgan fingerprint density at radius 2 is 2.17 bits per heavy atom. The molecule has 0 radical (unpaired) electrons. The van der Waals surface area contributed by atoms with Crippen LogP contribution < -0.4 is 5.32 Å². The highest BCUT2D eigenvalue weighted by atomic mass is 19.1. The van der Waals surface area contributed by atoms with E-state index in [9.17, 15) is 4.39 Å². The van der Waals surface area contributed by atoms with E-state index in [1.165, 1.54) is 12.8 Å². The predicted octanol–water partition coefficient (Wildman–Crippen LogP) is 0.627. The van der Waals surface area contributed by atoms with Crippen LogP contribution in [0.1, 0.15) is 12.8 Å². The van der Waals surface area contributed by atoms with E-state index < -0.39 is 0 Å². The first-order chi connectivity index (χ1) is 5.88. The second-order valence-electron chi connectivity index (χ2n) is 2.86. The van der Waals surface area contributed by atoms with Gasteiger partial charge >= 0.3 is 0 Å². The zero-order valence-electron chi connectivity index (χ0n) is 7.52. The van der Waals surface area contributed by atoms with Crippen molar-refractivity contribution < 1.29 is 4.39 Å². The molecule has 0 aliphatic carbocycles. The number of rotatable bonds is 2. The van der Waals surface area contributed by atoms with Crippen molar-refractivity contribution in [1.29, 1.82) is 0 Å². The quantitative estimate of drug-likeness (QED) is 0.490. The topological polar surface area (TPSA) is 27.6 Å². The number of nitrogens with one attached hydrogen (secondary N) is 1. The number of guanidine groups is 1. The fraction of sp³-hybridized carbons (Fsp3) is 0.875. The monoisotopic (exact) mass is 173 g/mol. The van der Waals surface area contributed by atoms with Crippen LogP contribution in [0, 0.1) is 0 Å². The molecule has 3 nitrogen and oxygen atoms in total. The van der Waals surface area contributed by atoms with Gasteiger partial charge in [-0.15, -0.1) is 0 Å². The lowest BCUT2D eigenvalue weighted by Crippen LogP contribution is -2.40. The van der Waals surface area contributed by atoms with Gasteiger partial charge < -0.3 is 10.2 Å². The molecule has 0 saturated carbocycles. The molecule has 0 unspecified atom stereocenters. The van der Waals surface area contributed by atoms with Crippen LogP contribution in [0.5, 0.6) is 0 Å². The lowest BCUT2D eigenvalue weighted by molar-refractivity contribution is 0.459. The Balaban J connectivity index is 2.33. The zero-order valence-corrected chi connectivity index (χ0v) is 7.52. The van der Waals surface area contributed by atoms with E-state index >= 15 is 0 Å². The van der Waals surface area contributed by atoms with Crippen molar-refractivity contribution in [3.63, 3.8) is 0 Å². The van der Waals surface area contributed by atoms with Crippen molar-refractivity contribution in [3.8, 4) is 0 Å². The maximum Gasteiger partial charge on any atom is 0.193 e. The molecule has 1 N–H and O–H groups in total. The van der Waals surface area contributed by atoms with Gasteiger partial charge in [-0.2, -0.15) is 0 Å². The standard InChI is InChI=1S/C8H16FN3/c1-10-8(11-5-4-9)12-6-2-3-7-12/h2-7H2,1H3,(H,10,11). The van der Waals surface area contributed by atoms with E-state index in [0.717, 1.165) is 19.0 Å². The fourth-order valence-corrected chi connectivity index (χ4v) is 1.42. The van der Waals surface area contributed by atoms with Crippen LogP contribution in [0.4, 0.5) is 4.39 Å². The summed E-state index contributed by atoms with van der Waals surface area (Å²) in [5.74, 6) is 0.838. The Hall–Kier alpha value is -0.800. The number of likely N-dealkylation sites (tertiary alicyclic amines) is 1. The third-order valence-electron chi connectivity index (χ3n) is 2.00. The molecule has 70 valence electrons. The number of aliphatic imine (C=N–C) groups is 1. The summed E-state index contributed by atoms with van der Waals surface area (Å²) < 4.78 is 11.8. The first-order valence-electron chi connectivity index (χ1n) is 4.40. The lowest BCUT2D eigenvalue weighted by atomic mass is 10.4. The third-order valence-corrected chi connectivity index (χ3v) is 2.00. The van der Waals surface area contributed by atoms with Gasteiger partial charge in [0.2, 0.25) is 0 Å². The molecule has 0 aromatic carbocycles. The molecule has 1 rings (SSSR count). The van der Waals surface area contributed by atoms with Gasteiger partial charge in [-0.1, -0.05) is 0 Å². The predicted molar refractivity (Wildman–Crippen MR) is 48.1 cm³/mol. The summed E-state index contributed by atoms with van der Waals surface area (Å²) in [6.07, 6.45) is 2.44. The van der Waals surface area contributed by atoms with E-state index in [1.54, 1.807) is 7.05 Å². The van der Waals surface area contributed by atoms with Crippen molar-refractivity contribution >= 4 is 5.96 Å².